The number of aromatic nitrogens is 3. The first-order chi connectivity index (χ1) is 13.6. The molecule has 8 heteroatoms. The number of aliphatic hydroxyl groups excluding tert-OH is 1. The van der Waals surface area contributed by atoms with Crippen LogP contribution in [0.1, 0.15) is 34.4 Å². The fourth-order valence-electron chi connectivity index (χ4n) is 2.30. The highest BCUT2D eigenvalue weighted by atomic mass is 32.2. The first-order valence-electron chi connectivity index (χ1n) is 8.85. The SMILES string of the molecule is CCC(=O)c1ccc(OCC(O)CSc2n[nH]c(/C=C/c3cccs3)n2)cc1. The molecule has 0 bridgehead atoms. The molecule has 28 heavy (non-hydrogen) atoms. The molecule has 3 rings (SSSR count). The average Bonchev–Trinajstić information content (AvgIpc) is 3.40. The summed E-state index contributed by atoms with van der Waals surface area (Å²) in [4.78, 5) is 17.1. The second-order valence-electron chi connectivity index (χ2n) is 5.93. The van der Waals surface area contributed by atoms with Gasteiger partial charge in [-0.2, -0.15) is 0 Å². The summed E-state index contributed by atoms with van der Waals surface area (Å²) in [5, 5.41) is 19.7. The zero-order chi connectivity index (χ0) is 19.8. The monoisotopic (exact) mass is 415 g/mol. The number of ether oxygens (including phenoxy) is 1. The van der Waals surface area contributed by atoms with E-state index in [2.05, 4.69) is 15.2 Å². The minimum absolute atomic E-state index is 0.0964. The molecule has 0 amide bonds. The Kier molecular flexibility index (Phi) is 7.41. The van der Waals surface area contributed by atoms with E-state index in [0.29, 0.717) is 34.5 Å². The number of aliphatic hydroxyl groups is 1. The fourth-order valence-corrected chi connectivity index (χ4v) is 3.63. The summed E-state index contributed by atoms with van der Waals surface area (Å²) in [6, 6.07) is 11.0. The van der Waals surface area contributed by atoms with Crippen LogP contribution in [-0.2, 0) is 0 Å². The molecule has 2 aromatic heterocycles. The molecule has 0 aliphatic heterocycles. The Morgan fingerprint density at radius 3 is 2.86 bits per heavy atom. The largest absolute Gasteiger partial charge is 0.491 e. The number of benzene rings is 1. The quantitative estimate of drug-likeness (QED) is 0.382. The first kappa shape index (κ1) is 20.3. The topological polar surface area (TPSA) is 88.1 Å². The van der Waals surface area contributed by atoms with E-state index in [9.17, 15) is 9.90 Å². The average molecular weight is 416 g/mol. The molecule has 2 N–H and O–H groups in total. The van der Waals surface area contributed by atoms with Crippen LogP contribution in [0.25, 0.3) is 12.2 Å². The number of thioether (sulfide) groups is 1. The van der Waals surface area contributed by atoms with E-state index in [-0.39, 0.29) is 12.4 Å². The van der Waals surface area contributed by atoms with Crippen molar-refractivity contribution >= 4 is 41.0 Å². The number of carbonyl (C=O) groups is 1. The highest BCUT2D eigenvalue weighted by Gasteiger charge is 2.10. The summed E-state index contributed by atoms with van der Waals surface area (Å²) in [7, 11) is 0. The number of thiophene rings is 1. The van der Waals surface area contributed by atoms with E-state index in [1.807, 2.05) is 36.6 Å². The highest BCUT2D eigenvalue weighted by Crippen LogP contribution is 2.17. The Labute approximate surface area is 171 Å². The summed E-state index contributed by atoms with van der Waals surface area (Å²) >= 11 is 3.01. The van der Waals surface area contributed by atoms with Crippen LogP contribution in [-0.4, -0.2) is 44.5 Å². The normalized spacial score (nSPS) is 12.4. The molecule has 1 unspecified atom stereocenters. The third-order valence-corrected chi connectivity index (χ3v) is 5.61. The minimum atomic E-state index is -0.662. The van der Waals surface area contributed by atoms with Gasteiger partial charge in [-0.3, -0.25) is 9.89 Å². The lowest BCUT2D eigenvalue weighted by atomic mass is 10.1. The smallest absolute Gasteiger partial charge is 0.208 e. The van der Waals surface area contributed by atoms with Crippen LogP contribution < -0.4 is 4.74 Å². The molecule has 3 aromatic rings. The molecule has 0 saturated carbocycles. The molecule has 0 spiro atoms. The van der Waals surface area contributed by atoms with E-state index in [1.54, 1.807) is 35.6 Å². The number of aromatic amines is 1. The van der Waals surface area contributed by atoms with Crippen molar-refractivity contribution in [1.29, 1.82) is 0 Å². The first-order valence-corrected chi connectivity index (χ1v) is 10.7. The maximum atomic E-state index is 11.6. The Bertz CT molecular complexity index is 905. The summed E-state index contributed by atoms with van der Waals surface area (Å²) in [5.74, 6) is 1.80. The molecule has 0 fully saturated rings. The molecule has 0 aliphatic carbocycles. The maximum absolute atomic E-state index is 11.6. The van der Waals surface area contributed by atoms with E-state index in [4.69, 9.17) is 4.74 Å². The Hall–Kier alpha value is -2.42. The number of nitrogens with zero attached hydrogens (tertiary/aromatic N) is 2. The number of hydrogen-bond acceptors (Lipinski definition) is 7. The molecule has 2 heterocycles. The molecule has 1 aromatic carbocycles. The third kappa shape index (κ3) is 6.05. The fraction of sp³-hybridized carbons (Fsp3) is 0.250. The van der Waals surface area contributed by atoms with Gasteiger partial charge in [0.15, 0.2) is 5.78 Å². The van der Waals surface area contributed by atoms with Crippen molar-refractivity contribution in [1.82, 2.24) is 15.2 Å². The van der Waals surface area contributed by atoms with Gasteiger partial charge in [-0.25, -0.2) is 4.98 Å². The number of rotatable bonds is 10. The van der Waals surface area contributed by atoms with Crippen LogP contribution in [0.5, 0.6) is 5.75 Å². The van der Waals surface area contributed by atoms with Crippen LogP contribution in [0.15, 0.2) is 46.9 Å². The molecule has 6 nitrogen and oxygen atoms in total. The number of Topliss-reactive ketones (excluding diaryl/α,β-unsaturated/α-hetero) is 1. The van der Waals surface area contributed by atoms with E-state index in [1.165, 1.54) is 11.8 Å². The van der Waals surface area contributed by atoms with Crippen LogP contribution in [0, 0.1) is 0 Å². The van der Waals surface area contributed by atoms with Crippen molar-refractivity contribution < 1.29 is 14.6 Å². The van der Waals surface area contributed by atoms with Crippen molar-refractivity contribution in [2.75, 3.05) is 12.4 Å². The van der Waals surface area contributed by atoms with Crippen LogP contribution in [0.3, 0.4) is 0 Å². The predicted molar refractivity (Wildman–Crippen MR) is 113 cm³/mol. The number of ketones is 1. The number of H-pyrrole nitrogens is 1. The zero-order valence-corrected chi connectivity index (χ0v) is 17.0. The zero-order valence-electron chi connectivity index (χ0n) is 15.4. The van der Waals surface area contributed by atoms with Crippen molar-refractivity contribution in [3.8, 4) is 5.75 Å². The molecule has 0 radical (unpaired) electrons. The summed E-state index contributed by atoms with van der Waals surface area (Å²) in [5.41, 5.74) is 0.666. The van der Waals surface area contributed by atoms with Gasteiger partial charge in [0, 0.05) is 22.6 Å². The van der Waals surface area contributed by atoms with Crippen molar-refractivity contribution in [3.63, 3.8) is 0 Å². The van der Waals surface area contributed by atoms with Crippen LogP contribution >= 0.6 is 23.1 Å². The van der Waals surface area contributed by atoms with E-state index >= 15 is 0 Å². The van der Waals surface area contributed by atoms with Gasteiger partial charge in [-0.1, -0.05) is 24.8 Å². The van der Waals surface area contributed by atoms with Crippen LogP contribution in [0.2, 0.25) is 0 Å². The van der Waals surface area contributed by atoms with E-state index < -0.39 is 6.10 Å². The van der Waals surface area contributed by atoms with Gasteiger partial charge >= 0.3 is 0 Å². The van der Waals surface area contributed by atoms with Crippen molar-refractivity contribution in [3.05, 3.63) is 58.0 Å². The van der Waals surface area contributed by atoms with Gasteiger partial charge in [0.25, 0.3) is 0 Å². The van der Waals surface area contributed by atoms with Gasteiger partial charge in [-0.15, -0.1) is 16.4 Å². The van der Waals surface area contributed by atoms with Crippen LogP contribution in [0.4, 0.5) is 0 Å². The predicted octanol–water partition coefficient (Wildman–Crippen LogP) is 4.16. The molecule has 1 atom stereocenters. The Balaban J connectivity index is 1.42. The lowest BCUT2D eigenvalue weighted by Crippen LogP contribution is -2.20. The van der Waals surface area contributed by atoms with Gasteiger partial charge in [0.05, 0.1) is 6.10 Å². The molecule has 0 saturated heterocycles. The van der Waals surface area contributed by atoms with Crippen molar-refractivity contribution in [2.24, 2.45) is 0 Å². The van der Waals surface area contributed by atoms with Crippen molar-refractivity contribution in [2.45, 2.75) is 24.6 Å². The third-order valence-electron chi connectivity index (χ3n) is 3.78. The Morgan fingerprint density at radius 2 is 2.14 bits per heavy atom. The minimum Gasteiger partial charge on any atom is -0.491 e. The lowest BCUT2D eigenvalue weighted by Gasteiger charge is -2.11. The summed E-state index contributed by atoms with van der Waals surface area (Å²) in [6.07, 6.45) is 3.66. The van der Waals surface area contributed by atoms with Gasteiger partial charge in [-0.05, 0) is 47.9 Å². The van der Waals surface area contributed by atoms with Gasteiger partial charge in [0.1, 0.15) is 18.2 Å². The Morgan fingerprint density at radius 1 is 1.32 bits per heavy atom. The highest BCUT2D eigenvalue weighted by molar-refractivity contribution is 7.99. The van der Waals surface area contributed by atoms with E-state index in [0.717, 1.165) is 4.88 Å². The summed E-state index contributed by atoms with van der Waals surface area (Å²) in [6.45, 7) is 1.99. The maximum Gasteiger partial charge on any atom is 0.208 e. The standard InChI is InChI=1S/C20H21N3O3S2/c1-2-18(25)14-5-7-16(8-6-14)26-12-15(24)13-28-20-21-19(22-23-20)10-9-17-4-3-11-27-17/h3-11,15,24H,2,12-13H2,1H3,(H,21,22,23)/b10-9+. The molecular formula is C20H21N3O3S2. The lowest BCUT2D eigenvalue weighted by molar-refractivity contribution is 0.0987. The number of carbonyl (C=O) groups excluding carboxylic acids is 1. The molecule has 146 valence electrons. The van der Waals surface area contributed by atoms with Gasteiger partial charge in [0.2, 0.25) is 5.16 Å². The number of hydrogen-bond donors (Lipinski definition) is 2. The second kappa shape index (κ2) is 10.2. The molecule has 0 aliphatic rings. The molecular weight excluding hydrogens is 394 g/mol. The number of nitrogens with one attached hydrogen (secondary N) is 1. The van der Waals surface area contributed by atoms with Gasteiger partial charge < -0.3 is 9.84 Å². The second-order valence-corrected chi connectivity index (χ2v) is 7.90. The summed E-state index contributed by atoms with van der Waals surface area (Å²) < 4.78 is 5.58.